The van der Waals surface area contributed by atoms with Crippen LogP contribution in [-0.2, 0) is 17.9 Å². The maximum absolute atomic E-state index is 6.03. The Morgan fingerprint density at radius 3 is 2.44 bits per heavy atom. The summed E-state index contributed by atoms with van der Waals surface area (Å²) >= 11 is 0. The summed E-state index contributed by atoms with van der Waals surface area (Å²) in [5, 5.41) is 0. The fraction of sp³-hybridized carbons (Fsp3) is 0.520. The number of likely N-dealkylation sites (tertiary alicyclic amines) is 1. The predicted molar refractivity (Wildman–Crippen MR) is 126 cm³/mol. The summed E-state index contributed by atoms with van der Waals surface area (Å²) < 4.78 is 5.84. The molecule has 1 N–H and O–H groups in total. The lowest BCUT2D eigenvalue weighted by Gasteiger charge is -2.33. The van der Waals surface area contributed by atoms with E-state index in [0.717, 1.165) is 55.5 Å². The molecule has 32 heavy (non-hydrogen) atoms. The average Bonchev–Trinajstić information content (AvgIpc) is 3.20. The highest BCUT2D eigenvalue weighted by molar-refractivity contribution is 5.80. The summed E-state index contributed by atoms with van der Waals surface area (Å²) in [4.78, 5) is 20.1. The van der Waals surface area contributed by atoms with Gasteiger partial charge in [-0.05, 0) is 49.2 Å². The number of nitrogens with zero attached hydrogens (tertiary/aromatic N) is 4. The van der Waals surface area contributed by atoms with E-state index < -0.39 is 5.72 Å². The molecule has 0 saturated carbocycles. The summed E-state index contributed by atoms with van der Waals surface area (Å²) in [6, 6.07) is 12.5. The molecule has 0 bridgehead atoms. The van der Waals surface area contributed by atoms with Crippen molar-refractivity contribution in [1.82, 2.24) is 20.3 Å². The van der Waals surface area contributed by atoms with Crippen LogP contribution in [0.1, 0.15) is 43.5 Å². The maximum Gasteiger partial charge on any atom is 0.222 e. The van der Waals surface area contributed by atoms with Crippen molar-refractivity contribution >= 4 is 5.96 Å². The molecule has 2 aliphatic rings. The van der Waals surface area contributed by atoms with Gasteiger partial charge in [0.2, 0.25) is 5.96 Å². The number of hydroxylamine groups is 1. The zero-order valence-electron chi connectivity index (χ0n) is 19.7. The van der Waals surface area contributed by atoms with E-state index in [2.05, 4.69) is 59.4 Å². The number of aliphatic imine (C=N–C) groups is 1. The zero-order chi connectivity index (χ0) is 22.6. The second kappa shape index (κ2) is 9.88. The van der Waals surface area contributed by atoms with Gasteiger partial charge in [-0.15, -0.1) is 0 Å². The van der Waals surface area contributed by atoms with E-state index in [0.29, 0.717) is 19.0 Å². The number of pyridine rings is 1. The highest BCUT2D eigenvalue weighted by Crippen LogP contribution is 2.30. The van der Waals surface area contributed by atoms with E-state index in [-0.39, 0.29) is 0 Å². The first-order valence-corrected chi connectivity index (χ1v) is 11.5. The van der Waals surface area contributed by atoms with Crippen LogP contribution in [0, 0.1) is 12.8 Å². The van der Waals surface area contributed by atoms with Gasteiger partial charge in [-0.1, -0.05) is 32.0 Å². The van der Waals surface area contributed by atoms with Crippen molar-refractivity contribution in [3.05, 3.63) is 59.4 Å². The Morgan fingerprint density at radius 2 is 1.78 bits per heavy atom. The van der Waals surface area contributed by atoms with Crippen LogP contribution in [0.2, 0.25) is 0 Å². The Kier molecular flexibility index (Phi) is 6.96. The quantitative estimate of drug-likeness (QED) is 0.712. The van der Waals surface area contributed by atoms with Crippen LogP contribution in [0.5, 0.6) is 5.75 Å². The molecule has 1 fully saturated rings. The van der Waals surface area contributed by atoms with Crippen LogP contribution in [0.4, 0.5) is 0 Å². The van der Waals surface area contributed by atoms with Crippen LogP contribution in [0.25, 0.3) is 0 Å². The molecule has 1 spiro atoms. The van der Waals surface area contributed by atoms with E-state index >= 15 is 0 Å². The van der Waals surface area contributed by atoms with Gasteiger partial charge in [0.15, 0.2) is 5.72 Å². The Balaban J connectivity index is 1.51. The second-order valence-corrected chi connectivity index (χ2v) is 9.40. The molecule has 1 aromatic heterocycles. The molecule has 2 aromatic rings. The van der Waals surface area contributed by atoms with Crippen LogP contribution in [0.15, 0.2) is 47.6 Å². The summed E-state index contributed by atoms with van der Waals surface area (Å²) in [5.41, 5.74) is 6.03. The van der Waals surface area contributed by atoms with Gasteiger partial charge in [-0.25, -0.2) is 15.3 Å². The lowest BCUT2D eigenvalue weighted by molar-refractivity contribution is -0.0875. The number of rotatable bonds is 7. The third-order valence-corrected chi connectivity index (χ3v) is 5.94. The molecular formula is C25H35N5O2. The molecule has 0 amide bonds. The molecule has 1 saturated heterocycles. The van der Waals surface area contributed by atoms with E-state index in [9.17, 15) is 0 Å². The monoisotopic (exact) mass is 437 g/mol. The SMILES string of the molecule is Cc1ccc(CN(Cc2ccc(OCC(C)C)cc2)C2=NC3(CCN(C)CC3)ON2)cn1. The molecule has 0 unspecified atom stereocenters. The number of piperidine rings is 1. The van der Waals surface area contributed by atoms with Gasteiger partial charge < -0.3 is 14.5 Å². The first-order valence-electron chi connectivity index (χ1n) is 11.5. The van der Waals surface area contributed by atoms with E-state index in [1.165, 1.54) is 5.56 Å². The first kappa shape index (κ1) is 22.6. The van der Waals surface area contributed by atoms with Gasteiger partial charge in [0.25, 0.3) is 0 Å². The molecule has 0 atom stereocenters. The minimum absolute atomic E-state index is 0.458. The topological polar surface area (TPSA) is 62.2 Å². The van der Waals surface area contributed by atoms with Crippen molar-refractivity contribution in [3.63, 3.8) is 0 Å². The molecule has 0 radical (unpaired) electrons. The minimum atomic E-state index is -0.458. The molecule has 2 aliphatic heterocycles. The van der Waals surface area contributed by atoms with E-state index in [4.69, 9.17) is 14.6 Å². The summed E-state index contributed by atoms with van der Waals surface area (Å²) in [6.07, 6.45) is 3.72. The smallest absolute Gasteiger partial charge is 0.222 e. The molecular weight excluding hydrogens is 402 g/mol. The van der Waals surface area contributed by atoms with Crippen molar-refractivity contribution in [2.24, 2.45) is 10.9 Å². The maximum atomic E-state index is 6.03. The molecule has 7 heteroatoms. The van der Waals surface area contributed by atoms with Crippen molar-refractivity contribution in [2.45, 2.75) is 52.4 Å². The number of benzene rings is 1. The molecule has 7 nitrogen and oxygen atoms in total. The van der Waals surface area contributed by atoms with Crippen LogP contribution < -0.4 is 10.2 Å². The summed E-state index contributed by atoms with van der Waals surface area (Å²) in [6.45, 7) is 10.4. The van der Waals surface area contributed by atoms with Gasteiger partial charge in [0.05, 0.1) is 6.61 Å². The van der Waals surface area contributed by atoms with Crippen molar-refractivity contribution in [2.75, 3.05) is 26.7 Å². The normalized spacial score (nSPS) is 18.0. The first-order chi connectivity index (χ1) is 15.4. The lowest BCUT2D eigenvalue weighted by atomic mass is 10.0. The average molecular weight is 438 g/mol. The lowest BCUT2D eigenvalue weighted by Crippen LogP contribution is -2.43. The fourth-order valence-electron chi connectivity index (χ4n) is 3.89. The minimum Gasteiger partial charge on any atom is -0.493 e. The standard InChI is InChI=1S/C25H35N5O2/c1-19(2)18-31-23-9-7-21(8-10-23)16-30(17-22-6-5-20(3)26-15-22)24-27-25(32-28-24)11-13-29(4)14-12-25/h5-10,15,19H,11-14,16-18H2,1-4H3,(H,27,28). The zero-order valence-corrected chi connectivity index (χ0v) is 19.7. The van der Waals surface area contributed by atoms with Crippen molar-refractivity contribution in [1.29, 1.82) is 0 Å². The molecule has 0 aliphatic carbocycles. The van der Waals surface area contributed by atoms with Crippen LogP contribution in [0.3, 0.4) is 0 Å². The van der Waals surface area contributed by atoms with Gasteiger partial charge in [-0.3, -0.25) is 4.98 Å². The van der Waals surface area contributed by atoms with Crippen LogP contribution in [-0.4, -0.2) is 53.2 Å². The third-order valence-electron chi connectivity index (χ3n) is 5.94. The number of aryl methyl sites for hydroxylation is 1. The van der Waals surface area contributed by atoms with Gasteiger partial charge in [-0.2, -0.15) is 0 Å². The largest absolute Gasteiger partial charge is 0.493 e. The molecule has 3 heterocycles. The second-order valence-electron chi connectivity index (χ2n) is 9.40. The van der Waals surface area contributed by atoms with Crippen molar-refractivity contribution in [3.8, 4) is 5.75 Å². The van der Waals surface area contributed by atoms with Gasteiger partial charge in [0, 0.05) is 50.9 Å². The number of hydrogen-bond donors (Lipinski definition) is 1. The molecule has 4 rings (SSSR count). The number of ether oxygens (including phenoxy) is 1. The highest BCUT2D eigenvalue weighted by Gasteiger charge is 2.40. The Bertz CT molecular complexity index is 903. The Morgan fingerprint density at radius 1 is 1.09 bits per heavy atom. The van der Waals surface area contributed by atoms with Gasteiger partial charge in [0.1, 0.15) is 5.75 Å². The van der Waals surface area contributed by atoms with Gasteiger partial charge >= 0.3 is 0 Å². The predicted octanol–water partition coefficient (Wildman–Crippen LogP) is 3.74. The number of hydrogen-bond acceptors (Lipinski definition) is 7. The number of guanidine groups is 1. The third kappa shape index (κ3) is 5.78. The highest BCUT2D eigenvalue weighted by atomic mass is 16.7. The van der Waals surface area contributed by atoms with Crippen LogP contribution >= 0.6 is 0 Å². The summed E-state index contributed by atoms with van der Waals surface area (Å²) in [5.74, 6) is 2.20. The molecule has 1 aromatic carbocycles. The van der Waals surface area contributed by atoms with E-state index in [1.54, 1.807) is 0 Å². The van der Waals surface area contributed by atoms with E-state index in [1.807, 2.05) is 31.3 Å². The number of aromatic nitrogens is 1. The fourth-order valence-corrected chi connectivity index (χ4v) is 3.89. The number of nitrogens with one attached hydrogen (secondary N) is 1. The Labute approximate surface area is 191 Å². The summed E-state index contributed by atoms with van der Waals surface area (Å²) in [7, 11) is 2.14. The van der Waals surface area contributed by atoms with Crippen molar-refractivity contribution < 1.29 is 9.57 Å². The Hall–Kier alpha value is -2.64. The molecule has 172 valence electrons.